The van der Waals surface area contributed by atoms with Crippen LogP contribution >= 0.6 is 0 Å². The predicted octanol–water partition coefficient (Wildman–Crippen LogP) is -1.80. The van der Waals surface area contributed by atoms with Crippen LogP contribution in [0.2, 0.25) is 0 Å². The highest BCUT2D eigenvalue weighted by Gasteiger charge is 2.43. The maximum atomic E-state index is 12.0. The molecule has 9 heteroatoms. The molecule has 0 aromatic carbocycles. The van der Waals surface area contributed by atoms with Crippen LogP contribution in [0.1, 0.15) is 25.6 Å². The van der Waals surface area contributed by atoms with Crippen molar-refractivity contribution in [2.45, 2.75) is 44.9 Å². The van der Waals surface area contributed by atoms with Gasteiger partial charge >= 0.3 is 5.69 Å². The lowest BCUT2D eigenvalue weighted by Gasteiger charge is -2.18. The minimum Gasteiger partial charge on any atom is -0.394 e. The van der Waals surface area contributed by atoms with E-state index >= 15 is 0 Å². The molecule has 0 spiro atoms. The Kier molecular flexibility index (Phi) is 6.08. The zero-order valence-corrected chi connectivity index (χ0v) is 13.6. The molecule has 1 fully saturated rings. The van der Waals surface area contributed by atoms with Crippen molar-refractivity contribution >= 4 is 0 Å². The highest BCUT2D eigenvalue weighted by atomic mass is 16.6. The van der Waals surface area contributed by atoms with Crippen LogP contribution in [0.4, 0.5) is 0 Å². The molecule has 1 aliphatic rings. The predicted molar refractivity (Wildman–Crippen MR) is 85.5 cm³/mol. The standard InChI is InChI=1S/C15H23N3O6/c1-8(2)3-4-16-5-9-6-18(15(23)17-13(9)22)14-12(21)11(20)10(7-19)24-14/h3,6,10-12,14,16,19-21H,4-5,7H2,1-2H3,(H,17,22,23). The molecule has 0 radical (unpaired) electrons. The van der Waals surface area contributed by atoms with Crippen molar-refractivity contribution in [2.75, 3.05) is 13.2 Å². The van der Waals surface area contributed by atoms with Gasteiger partial charge in [0, 0.05) is 24.8 Å². The molecule has 1 aliphatic heterocycles. The van der Waals surface area contributed by atoms with E-state index < -0.39 is 42.4 Å². The Labute approximate surface area is 138 Å². The lowest BCUT2D eigenvalue weighted by Crippen LogP contribution is -2.39. The van der Waals surface area contributed by atoms with Crippen LogP contribution in [0, 0.1) is 0 Å². The van der Waals surface area contributed by atoms with Crippen molar-refractivity contribution in [3.63, 3.8) is 0 Å². The van der Waals surface area contributed by atoms with E-state index in [-0.39, 0.29) is 12.1 Å². The summed E-state index contributed by atoms with van der Waals surface area (Å²) in [7, 11) is 0. The second-order valence-corrected chi connectivity index (χ2v) is 5.96. The van der Waals surface area contributed by atoms with Crippen LogP contribution in [0.3, 0.4) is 0 Å². The monoisotopic (exact) mass is 341 g/mol. The molecule has 4 atom stereocenters. The molecule has 2 rings (SSSR count). The Morgan fingerprint density at radius 3 is 2.67 bits per heavy atom. The minimum absolute atomic E-state index is 0.216. The van der Waals surface area contributed by atoms with Gasteiger partial charge in [-0.15, -0.1) is 0 Å². The summed E-state index contributed by atoms with van der Waals surface area (Å²) in [4.78, 5) is 26.0. The normalized spacial score (nSPS) is 26.5. The van der Waals surface area contributed by atoms with Crippen molar-refractivity contribution in [2.24, 2.45) is 0 Å². The number of rotatable bonds is 6. The third kappa shape index (κ3) is 4.00. The molecule has 1 aromatic rings. The van der Waals surface area contributed by atoms with Crippen molar-refractivity contribution < 1.29 is 20.1 Å². The van der Waals surface area contributed by atoms with Crippen molar-refractivity contribution in [1.29, 1.82) is 0 Å². The quantitative estimate of drug-likeness (QED) is 0.304. The van der Waals surface area contributed by atoms with Gasteiger partial charge in [0.15, 0.2) is 6.23 Å². The summed E-state index contributed by atoms with van der Waals surface area (Å²) >= 11 is 0. The summed E-state index contributed by atoms with van der Waals surface area (Å²) in [6, 6.07) is 0. The van der Waals surface area contributed by atoms with Crippen LogP contribution in [0.25, 0.3) is 0 Å². The van der Waals surface area contributed by atoms with E-state index in [1.807, 2.05) is 19.9 Å². The SMILES string of the molecule is CC(C)=CCNCc1cn(C2OC(CO)C(O)C2O)c(=O)[nH]c1=O. The second kappa shape index (κ2) is 7.86. The number of H-pyrrole nitrogens is 1. The average molecular weight is 341 g/mol. The van der Waals surface area contributed by atoms with Gasteiger partial charge in [0.1, 0.15) is 18.3 Å². The lowest BCUT2D eigenvalue weighted by molar-refractivity contribution is -0.0551. The molecule has 4 unspecified atom stereocenters. The summed E-state index contributed by atoms with van der Waals surface area (Å²) in [5.74, 6) is 0. The van der Waals surface area contributed by atoms with Crippen molar-refractivity contribution in [1.82, 2.24) is 14.9 Å². The average Bonchev–Trinajstić information content (AvgIpc) is 2.81. The number of hydrogen-bond donors (Lipinski definition) is 5. The minimum atomic E-state index is -1.39. The molecular weight excluding hydrogens is 318 g/mol. The maximum Gasteiger partial charge on any atom is 0.330 e. The van der Waals surface area contributed by atoms with Gasteiger partial charge < -0.3 is 25.4 Å². The van der Waals surface area contributed by atoms with E-state index in [9.17, 15) is 19.8 Å². The lowest BCUT2D eigenvalue weighted by atomic mass is 10.1. The fraction of sp³-hybridized carbons (Fsp3) is 0.600. The molecule has 0 saturated carbocycles. The first-order valence-corrected chi connectivity index (χ1v) is 7.66. The number of nitrogens with one attached hydrogen (secondary N) is 2. The first-order chi connectivity index (χ1) is 11.3. The summed E-state index contributed by atoms with van der Waals surface area (Å²) in [5, 5.41) is 32.0. The van der Waals surface area contributed by atoms with E-state index in [1.54, 1.807) is 0 Å². The highest BCUT2D eigenvalue weighted by Crippen LogP contribution is 2.27. The van der Waals surface area contributed by atoms with Gasteiger partial charge in [0.25, 0.3) is 5.56 Å². The molecule has 1 saturated heterocycles. The Balaban J connectivity index is 2.22. The smallest absolute Gasteiger partial charge is 0.330 e. The van der Waals surface area contributed by atoms with E-state index in [0.717, 1.165) is 10.1 Å². The van der Waals surface area contributed by atoms with Crippen LogP contribution < -0.4 is 16.6 Å². The topological polar surface area (TPSA) is 137 Å². The number of aliphatic hydroxyl groups is 3. The summed E-state index contributed by atoms with van der Waals surface area (Å²) < 4.78 is 6.33. The number of aromatic nitrogens is 2. The van der Waals surface area contributed by atoms with Crippen LogP contribution in [0.5, 0.6) is 0 Å². The Bertz CT molecular complexity index is 706. The van der Waals surface area contributed by atoms with Crippen LogP contribution in [0.15, 0.2) is 27.4 Å². The van der Waals surface area contributed by atoms with Gasteiger partial charge in [-0.1, -0.05) is 11.6 Å². The van der Waals surface area contributed by atoms with E-state index in [2.05, 4.69) is 10.3 Å². The number of nitrogens with zero attached hydrogens (tertiary/aromatic N) is 1. The largest absolute Gasteiger partial charge is 0.394 e. The summed E-state index contributed by atoms with van der Waals surface area (Å²) in [6.45, 7) is 4.19. The second-order valence-electron chi connectivity index (χ2n) is 5.96. The van der Waals surface area contributed by atoms with Gasteiger partial charge in [0.05, 0.1) is 6.61 Å². The summed E-state index contributed by atoms with van der Waals surface area (Å²) in [5.41, 5.74) is 0.123. The number of ether oxygens (including phenoxy) is 1. The van der Waals surface area contributed by atoms with Crippen molar-refractivity contribution in [3.8, 4) is 0 Å². The fourth-order valence-electron chi connectivity index (χ4n) is 2.44. The zero-order valence-electron chi connectivity index (χ0n) is 13.6. The number of aliphatic hydroxyl groups excluding tert-OH is 3. The van der Waals surface area contributed by atoms with Crippen LogP contribution in [-0.2, 0) is 11.3 Å². The third-order valence-electron chi connectivity index (χ3n) is 3.80. The van der Waals surface area contributed by atoms with Gasteiger partial charge in [-0.05, 0) is 13.8 Å². The first kappa shape index (κ1) is 18.6. The van der Waals surface area contributed by atoms with Crippen LogP contribution in [-0.4, -0.2) is 56.3 Å². The first-order valence-electron chi connectivity index (χ1n) is 7.66. The highest BCUT2D eigenvalue weighted by molar-refractivity contribution is 5.06. The molecule has 5 N–H and O–H groups in total. The van der Waals surface area contributed by atoms with Gasteiger partial charge in [0.2, 0.25) is 0 Å². The molecule has 2 heterocycles. The molecule has 1 aromatic heterocycles. The Morgan fingerprint density at radius 2 is 2.08 bits per heavy atom. The Morgan fingerprint density at radius 1 is 1.38 bits per heavy atom. The van der Waals surface area contributed by atoms with Crippen molar-refractivity contribution in [3.05, 3.63) is 44.2 Å². The third-order valence-corrected chi connectivity index (χ3v) is 3.80. The maximum absolute atomic E-state index is 12.0. The Hall–Kier alpha value is -1.78. The molecule has 24 heavy (non-hydrogen) atoms. The van der Waals surface area contributed by atoms with E-state index in [0.29, 0.717) is 6.54 Å². The van der Waals surface area contributed by atoms with Gasteiger partial charge in [-0.3, -0.25) is 14.3 Å². The molecule has 0 bridgehead atoms. The summed E-state index contributed by atoms with van der Waals surface area (Å²) in [6.07, 6.45) is -1.65. The number of hydrogen-bond acceptors (Lipinski definition) is 7. The molecule has 134 valence electrons. The zero-order chi connectivity index (χ0) is 17.9. The van der Waals surface area contributed by atoms with E-state index in [4.69, 9.17) is 9.84 Å². The number of allylic oxidation sites excluding steroid dienone is 1. The number of aromatic amines is 1. The van der Waals surface area contributed by atoms with Gasteiger partial charge in [-0.2, -0.15) is 0 Å². The molecular formula is C15H23N3O6. The van der Waals surface area contributed by atoms with Gasteiger partial charge in [-0.25, -0.2) is 4.79 Å². The molecule has 0 amide bonds. The molecule has 9 nitrogen and oxygen atoms in total. The fourth-order valence-corrected chi connectivity index (χ4v) is 2.44. The van der Waals surface area contributed by atoms with E-state index in [1.165, 1.54) is 6.20 Å². The molecule has 0 aliphatic carbocycles.